The Morgan fingerprint density at radius 2 is 2.00 bits per heavy atom. The smallest absolute Gasteiger partial charge is 0.269 e. The molecular weight excluding hydrogens is 298 g/mol. The first kappa shape index (κ1) is 15.4. The van der Waals surface area contributed by atoms with Gasteiger partial charge in [0.25, 0.3) is 11.6 Å². The molecule has 0 aliphatic carbocycles. The van der Waals surface area contributed by atoms with Crippen LogP contribution in [0.1, 0.15) is 15.9 Å². The average molecular weight is 308 g/mol. The maximum atomic E-state index is 13.9. The van der Waals surface area contributed by atoms with Gasteiger partial charge in [0.15, 0.2) is 11.6 Å². The second-order valence-corrected chi connectivity index (χ2v) is 4.31. The number of nitrogens with two attached hydrogens (primary N) is 1. The molecule has 8 heteroatoms. The highest BCUT2D eigenvalue weighted by Crippen LogP contribution is 2.24. The Labute approximate surface area is 123 Å². The van der Waals surface area contributed by atoms with Gasteiger partial charge >= 0.3 is 0 Å². The standard InChI is InChI=1S/C14H10F2N2O4/c15-10-4-5-11(13(16)12(10)14(17)19)22-7-8-2-1-3-9(6-8)18(20)21/h1-6H,7H2,(H2,17,19). The summed E-state index contributed by atoms with van der Waals surface area (Å²) >= 11 is 0. The number of ether oxygens (including phenoxy) is 1. The molecule has 1 amide bonds. The van der Waals surface area contributed by atoms with Crippen LogP contribution in [0.25, 0.3) is 0 Å². The van der Waals surface area contributed by atoms with Crippen LogP contribution in [0.4, 0.5) is 14.5 Å². The molecule has 0 aromatic heterocycles. The lowest BCUT2D eigenvalue weighted by molar-refractivity contribution is -0.384. The molecule has 6 nitrogen and oxygen atoms in total. The van der Waals surface area contributed by atoms with Crippen molar-refractivity contribution in [2.24, 2.45) is 5.73 Å². The van der Waals surface area contributed by atoms with Crippen molar-refractivity contribution in [3.05, 3.63) is 69.3 Å². The van der Waals surface area contributed by atoms with Crippen LogP contribution >= 0.6 is 0 Å². The van der Waals surface area contributed by atoms with Crippen LogP contribution in [-0.4, -0.2) is 10.8 Å². The van der Waals surface area contributed by atoms with Crippen LogP contribution < -0.4 is 10.5 Å². The summed E-state index contributed by atoms with van der Waals surface area (Å²) in [7, 11) is 0. The first-order valence-electron chi connectivity index (χ1n) is 6.04. The van der Waals surface area contributed by atoms with Crippen LogP contribution in [0.2, 0.25) is 0 Å². The maximum absolute atomic E-state index is 13.9. The minimum absolute atomic E-state index is 0.140. The van der Waals surface area contributed by atoms with Crippen LogP contribution in [0.15, 0.2) is 36.4 Å². The van der Waals surface area contributed by atoms with E-state index in [1.54, 1.807) is 6.07 Å². The fraction of sp³-hybridized carbons (Fsp3) is 0.0714. The van der Waals surface area contributed by atoms with E-state index < -0.39 is 28.0 Å². The fourth-order valence-corrected chi connectivity index (χ4v) is 1.79. The van der Waals surface area contributed by atoms with Crippen LogP contribution in [0.3, 0.4) is 0 Å². The third kappa shape index (κ3) is 3.17. The number of hydrogen-bond acceptors (Lipinski definition) is 4. The molecule has 0 unspecified atom stereocenters. The lowest BCUT2D eigenvalue weighted by Crippen LogP contribution is -2.16. The molecule has 22 heavy (non-hydrogen) atoms. The fourth-order valence-electron chi connectivity index (χ4n) is 1.79. The van der Waals surface area contributed by atoms with Gasteiger partial charge in [-0.15, -0.1) is 0 Å². The molecule has 0 radical (unpaired) electrons. The second-order valence-electron chi connectivity index (χ2n) is 4.31. The highest BCUT2D eigenvalue weighted by atomic mass is 19.1. The SMILES string of the molecule is NC(=O)c1c(F)ccc(OCc2cccc([N+](=O)[O-])c2)c1F. The van der Waals surface area contributed by atoms with Crippen LogP contribution in [0.5, 0.6) is 5.75 Å². The molecule has 0 heterocycles. The monoisotopic (exact) mass is 308 g/mol. The molecule has 0 fully saturated rings. The van der Waals surface area contributed by atoms with Crippen molar-refractivity contribution in [3.8, 4) is 5.75 Å². The van der Waals surface area contributed by atoms with Crippen molar-refractivity contribution in [3.63, 3.8) is 0 Å². The Bertz CT molecular complexity index is 750. The summed E-state index contributed by atoms with van der Waals surface area (Å²) in [6, 6.07) is 7.42. The van der Waals surface area contributed by atoms with E-state index in [2.05, 4.69) is 0 Å². The zero-order valence-electron chi connectivity index (χ0n) is 11.1. The van der Waals surface area contributed by atoms with Gasteiger partial charge in [0.05, 0.1) is 4.92 Å². The number of benzene rings is 2. The third-order valence-electron chi connectivity index (χ3n) is 2.82. The quantitative estimate of drug-likeness (QED) is 0.678. The summed E-state index contributed by atoms with van der Waals surface area (Å²) in [5.41, 5.74) is 4.28. The topological polar surface area (TPSA) is 95.5 Å². The molecule has 0 aliphatic heterocycles. The second kappa shape index (κ2) is 6.17. The molecule has 0 bridgehead atoms. The summed E-state index contributed by atoms with van der Waals surface area (Å²) in [6.45, 7) is -0.192. The summed E-state index contributed by atoms with van der Waals surface area (Å²) in [5.74, 6) is -3.93. The molecule has 2 rings (SSSR count). The summed E-state index contributed by atoms with van der Waals surface area (Å²) in [5, 5.41) is 10.7. The number of primary amides is 1. The molecule has 114 valence electrons. The normalized spacial score (nSPS) is 10.3. The van der Waals surface area contributed by atoms with Gasteiger partial charge in [-0.2, -0.15) is 0 Å². The Kier molecular flexibility index (Phi) is 4.31. The zero-order valence-corrected chi connectivity index (χ0v) is 11.1. The van der Waals surface area contributed by atoms with E-state index in [-0.39, 0.29) is 18.0 Å². The molecule has 0 spiro atoms. The molecule has 0 saturated heterocycles. The third-order valence-corrected chi connectivity index (χ3v) is 2.82. The van der Waals surface area contributed by atoms with Gasteiger partial charge in [-0.25, -0.2) is 8.78 Å². The van der Waals surface area contributed by atoms with Gasteiger partial charge < -0.3 is 10.5 Å². The van der Waals surface area contributed by atoms with Crippen molar-refractivity contribution in [1.29, 1.82) is 0 Å². The molecule has 0 aliphatic rings. The molecule has 2 N–H and O–H groups in total. The number of hydrogen-bond donors (Lipinski definition) is 1. The lowest BCUT2D eigenvalue weighted by atomic mass is 10.1. The van der Waals surface area contributed by atoms with Gasteiger partial charge in [0.2, 0.25) is 0 Å². The van der Waals surface area contributed by atoms with Gasteiger partial charge in [0.1, 0.15) is 18.0 Å². The van der Waals surface area contributed by atoms with Crippen molar-refractivity contribution < 1.29 is 23.2 Å². The van der Waals surface area contributed by atoms with Crippen molar-refractivity contribution >= 4 is 11.6 Å². The Morgan fingerprint density at radius 3 is 2.64 bits per heavy atom. The van der Waals surface area contributed by atoms with E-state index in [1.165, 1.54) is 18.2 Å². The number of amides is 1. The predicted octanol–water partition coefficient (Wildman–Crippen LogP) is 2.55. The highest BCUT2D eigenvalue weighted by molar-refractivity contribution is 5.93. The summed E-state index contributed by atoms with van der Waals surface area (Å²) < 4.78 is 32.4. The molecule has 2 aromatic rings. The number of nitro groups is 1. The number of nitro benzene ring substituents is 1. The average Bonchev–Trinajstić information content (AvgIpc) is 2.46. The van der Waals surface area contributed by atoms with Crippen molar-refractivity contribution in [2.75, 3.05) is 0 Å². The minimum Gasteiger partial charge on any atom is -0.486 e. The lowest BCUT2D eigenvalue weighted by Gasteiger charge is -2.09. The predicted molar refractivity (Wildman–Crippen MR) is 72.3 cm³/mol. The molecule has 0 atom stereocenters. The Morgan fingerprint density at radius 1 is 1.27 bits per heavy atom. The van der Waals surface area contributed by atoms with Gasteiger partial charge in [0, 0.05) is 12.1 Å². The van der Waals surface area contributed by atoms with Crippen molar-refractivity contribution in [2.45, 2.75) is 6.61 Å². The van der Waals surface area contributed by atoms with Crippen LogP contribution in [0, 0.1) is 21.7 Å². The van der Waals surface area contributed by atoms with Gasteiger partial charge in [-0.3, -0.25) is 14.9 Å². The maximum Gasteiger partial charge on any atom is 0.269 e. The molecule has 0 saturated carbocycles. The number of carbonyl (C=O) groups is 1. The highest BCUT2D eigenvalue weighted by Gasteiger charge is 2.19. The van der Waals surface area contributed by atoms with Crippen molar-refractivity contribution in [1.82, 2.24) is 0 Å². The largest absolute Gasteiger partial charge is 0.486 e. The zero-order chi connectivity index (χ0) is 16.3. The Balaban J connectivity index is 2.22. The van der Waals surface area contributed by atoms with E-state index in [0.717, 1.165) is 12.1 Å². The van der Waals surface area contributed by atoms with Gasteiger partial charge in [-0.05, 0) is 17.7 Å². The van der Waals surface area contributed by atoms with E-state index in [9.17, 15) is 23.7 Å². The Hall–Kier alpha value is -3.03. The number of rotatable bonds is 5. The van der Waals surface area contributed by atoms with Crippen LogP contribution in [-0.2, 0) is 6.61 Å². The van der Waals surface area contributed by atoms with E-state index in [0.29, 0.717) is 5.56 Å². The number of non-ortho nitro benzene ring substituents is 1. The minimum atomic E-state index is -1.25. The van der Waals surface area contributed by atoms with Gasteiger partial charge in [-0.1, -0.05) is 12.1 Å². The summed E-state index contributed by atoms with van der Waals surface area (Å²) in [6.07, 6.45) is 0. The molecule has 2 aromatic carbocycles. The number of carbonyl (C=O) groups excluding carboxylic acids is 1. The van der Waals surface area contributed by atoms with E-state index in [4.69, 9.17) is 10.5 Å². The number of halogens is 2. The number of nitrogens with zero attached hydrogens (tertiary/aromatic N) is 1. The van der Waals surface area contributed by atoms with E-state index in [1.807, 2.05) is 0 Å². The molecular formula is C14H10F2N2O4. The first-order chi connectivity index (χ1) is 10.4. The van der Waals surface area contributed by atoms with E-state index >= 15 is 0 Å². The first-order valence-corrected chi connectivity index (χ1v) is 6.04. The summed E-state index contributed by atoms with van der Waals surface area (Å²) in [4.78, 5) is 21.1.